The van der Waals surface area contributed by atoms with E-state index in [1.807, 2.05) is 25.7 Å². The third-order valence-electron chi connectivity index (χ3n) is 4.01. The predicted molar refractivity (Wildman–Crippen MR) is 70.0 cm³/mol. The number of nitrogens with one attached hydrogen (secondary N) is 1. The Labute approximate surface area is 109 Å². The van der Waals surface area contributed by atoms with E-state index in [4.69, 9.17) is 0 Å². The zero-order chi connectivity index (χ0) is 13.3. The molecule has 1 aliphatic carbocycles. The number of amides is 2. The Morgan fingerprint density at radius 3 is 2.39 bits per heavy atom. The Hall–Kier alpha value is -1.06. The fraction of sp³-hybridized carbons (Fsp3) is 0.857. The van der Waals surface area contributed by atoms with Gasteiger partial charge in [-0.25, -0.2) is 0 Å². The van der Waals surface area contributed by atoms with Crippen LogP contribution in [0.3, 0.4) is 0 Å². The van der Waals surface area contributed by atoms with E-state index in [1.54, 1.807) is 0 Å². The van der Waals surface area contributed by atoms with Gasteiger partial charge in [0.1, 0.15) is 0 Å². The second-order valence-corrected chi connectivity index (χ2v) is 6.57. The van der Waals surface area contributed by atoms with Crippen LogP contribution in [0.15, 0.2) is 0 Å². The van der Waals surface area contributed by atoms with Crippen LogP contribution < -0.4 is 5.32 Å². The summed E-state index contributed by atoms with van der Waals surface area (Å²) in [6.07, 6.45) is 4.98. The van der Waals surface area contributed by atoms with Gasteiger partial charge in [0.2, 0.25) is 11.8 Å². The van der Waals surface area contributed by atoms with E-state index in [0.29, 0.717) is 19.0 Å². The number of rotatable bonds is 2. The van der Waals surface area contributed by atoms with Crippen LogP contribution in [-0.2, 0) is 9.59 Å². The largest absolute Gasteiger partial charge is 0.353 e. The van der Waals surface area contributed by atoms with Crippen LogP contribution in [-0.4, -0.2) is 34.8 Å². The Balaban J connectivity index is 1.91. The molecule has 0 unspecified atom stereocenters. The average Bonchev–Trinajstić information content (AvgIpc) is 2.85. The minimum Gasteiger partial charge on any atom is -0.353 e. The average molecular weight is 252 g/mol. The first kappa shape index (κ1) is 13.4. The van der Waals surface area contributed by atoms with Crippen molar-refractivity contribution in [2.24, 2.45) is 5.92 Å². The lowest BCUT2D eigenvalue weighted by Gasteiger charge is -2.32. The van der Waals surface area contributed by atoms with Crippen molar-refractivity contribution in [3.8, 4) is 0 Å². The summed E-state index contributed by atoms with van der Waals surface area (Å²) in [5.41, 5.74) is -0.181. The van der Waals surface area contributed by atoms with Crippen molar-refractivity contribution in [2.75, 3.05) is 6.54 Å². The summed E-state index contributed by atoms with van der Waals surface area (Å²) >= 11 is 0. The Morgan fingerprint density at radius 2 is 1.89 bits per heavy atom. The molecule has 1 atom stereocenters. The zero-order valence-corrected chi connectivity index (χ0v) is 11.7. The molecule has 0 radical (unpaired) electrons. The Morgan fingerprint density at radius 1 is 1.28 bits per heavy atom. The number of carbonyl (C=O) groups excluding carboxylic acids is 2. The summed E-state index contributed by atoms with van der Waals surface area (Å²) in [5, 5.41) is 3.10. The van der Waals surface area contributed by atoms with Gasteiger partial charge < -0.3 is 10.2 Å². The standard InChI is InChI=1S/C14H24N2O2/c1-14(2,3)16-9-10(8-12(16)17)13(18)15-11-6-4-5-7-11/h10-11H,4-9H2,1-3H3,(H,15,18)/t10-/m1/s1. The SMILES string of the molecule is CC(C)(C)N1C[C@H](C(=O)NC2CCCC2)CC1=O. The van der Waals surface area contributed by atoms with Crippen LogP contribution in [0.1, 0.15) is 52.9 Å². The van der Waals surface area contributed by atoms with Gasteiger partial charge in [0.15, 0.2) is 0 Å². The molecule has 0 aromatic heterocycles. The van der Waals surface area contributed by atoms with Gasteiger partial charge in [-0.2, -0.15) is 0 Å². The summed E-state index contributed by atoms with van der Waals surface area (Å²) in [7, 11) is 0. The summed E-state index contributed by atoms with van der Waals surface area (Å²) in [6, 6.07) is 0.344. The van der Waals surface area contributed by atoms with Gasteiger partial charge in [-0.15, -0.1) is 0 Å². The van der Waals surface area contributed by atoms with Crippen molar-refractivity contribution in [1.29, 1.82) is 0 Å². The molecule has 0 aromatic carbocycles. The van der Waals surface area contributed by atoms with Gasteiger partial charge in [-0.3, -0.25) is 9.59 Å². The summed E-state index contributed by atoms with van der Waals surface area (Å²) in [4.78, 5) is 25.9. The highest BCUT2D eigenvalue weighted by Gasteiger charge is 2.39. The lowest BCUT2D eigenvalue weighted by Crippen LogP contribution is -2.44. The number of hydrogen-bond donors (Lipinski definition) is 1. The topological polar surface area (TPSA) is 49.4 Å². The number of carbonyl (C=O) groups is 2. The molecule has 1 saturated carbocycles. The van der Waals surface area contributed by atoms with Crippen LogP contribution in [0.4, 0.5) is 0 Å². The van der Waals surface area contributed by atoms with Crippen molar-refractivity contribution in [2.45, 2.75) is 64.5 Å². The van der Waals surface area contributed by atoms with Crippen LogP contribution in [0.2, 0.25) is 0 Å². The predicted octanol–water partition coefficient (Wildman–Crippen LogP) is 1.69. The molecule has 1 heterocycles. The number of likely N-dealkylation sites (tertiary alicyclic amines) is 1. The minimum absolute atomic E-state index is 0.0713. The lowest BCUT2D eigenvalue weighted by atomic mass is 10.1. The Bertz CT molecular complexity index is 340. The molecule has 2 fully saturated rings. The maximum Gasteiger partial charge on any atom is 0.225 e. The van der Waals surface area contributed by atoms with E-state index in [0.717, 1.165) is 12.8 Å². The fourth-order valence-electron chi connectivity index (χ4n) is 2.92. The number of nitrogens with zero attached hydrogens (tertiary/aromatic N) is 1. The van der Waals surface area contributed by atoms with Crippen LogP contribution in [0, 0.1) is 5.92 Å². The molecule has 102 valence electrons. The van der Waals surface area contributed by atoms with Crippen LogP contribution >= 0.6 is 0 Å². The highest BCUT2D eigenvalue weighted by atomic mass is 16.2. The normalized spacial score (nSPS) is 25.8. The second-order valence-electron chi connectivity index (χ2n) is 6.57. The number of hydrogen-bond acceptors (Lipinski definition) is 2. The maximum absolute atomic E-state index is 12.1. The third-order valence-corrected chi connectivity index (χ3v) is 4.01. The zero-order valence-electron chi connectivity index (χ0n) is 11.7. The molecular weight excluding hydrogens is 228 g/mol. The summed E-state index contributed by atoms with van der Waals surface area (Å²) < 4.78 is 0. The van der Waals surface area contributed by atoms with Crippen molar-refractivity contribution < 1.29 is 9.59 Å². The summed E-state index contributed by atoms with van der Waals surface area (Å²) in [6.45, 7) is 6.62. The molecule has 1 aliphatic heterocycles. The maximum atomic E-state index is 12.1. The highest BCUT2D eigenvalue weighted by molar-refractivity contribution is 5.89. The molecular formula is C14H24N2O2. The quantitative estimate of drug-likeness (QED) is 0.813. The molecule has 0 spiro atoms. The Kier molecular flexibility index (Phi) is 3.64. The summed E-state index contributed by atoms with van der Waals surface area (Å²) in [5.74, 6) is 0.0217. The van der Waals surface area contributed by atoms with Crippen LogP contribution in [0.5, 0.6) is 0 Å². The van der Waals surface area contributed by atoms with Gasteiger partial charge in [-0.05, 0) is 33.6 Å². The lowest BCUT2D eigenvalue weighted by molar-refractivity contribution is -0.132. The fourth-order valence-corrected chi connectivity index (χ4v) is 2.92. The van der Waals surface area contributed by atoms with Crippen molar-refractivity contribution in [3.63, 3.8) is 0 Å². The molecule has 4 heteroatoms. The molecule has 1 N–H and O–H groups in total. The first-order chi connectivity index (χ1) is 8.38. The van der Waals surface area contributed by atoms with Crippen molar-refractivity contribution >= 4 is 11.8 Å². The molecule has 18 heavy (non-hydrogen) atoms. The first-order valence-corrected chi connectivity index (χ1v) is 6.99. The monoisotopic (exact) mass is 252 g/mol. The van der Waals surface area contributed by atoms with Gasteiger partial charge in [0.05, 0.1) is 5.92 Å². The molecule has 2 aliphatic rings. The molecule has 2 amide bonds. The van der Waals surface area contributed by atoms with E-state index in [-0.39, 0.29) is 23.3 Å². The van der Waals surface area contributed by atoms with Crippen LogP contribution in [0.25, 0.3) is 0 Å². The van der Waals surface area contributed by atoms with E-state index < -0.39 is 0 Å². The first-order valence-electron chi connectivity index (χ1n) is 6.99. The second kappa shape index (κ2) is 4.90. The van der Waals surface area contributed by atoms with Gasteiger partial charge in [-0.1, -0.05) is 12.8 Å². The third kappa shape index (κ3) is 2.85. The highest BCUT2D eigenvalue weighted by Crippen LogP contribution is 2.26. The van der Waals surface area contributed by atoms with E-state index >= 15 is 0 Å². The molecule has 0 bridgehead atoms. The molecule has 2 rings (SSSR count). The molecule has 4 nitrogen and oxygen atoms in total. The van der Waals surface area contributed by atoms with Gasteiger partial charge >= 0.3 is 0 Å². The molecule has 0 aromatic rings. The van der Waals surface area contributed by atoms with Crippen molar-refractivity contribution in [1.82, 2.24) is 10.2 Å². The van der Waals surface area contributed by atoms with E-state index in [9.17, 15) is 9.59 Å². The van der Waals surface area contributed by atoms with Gasteiger partial charge in [0.25, 0.3) is 0 Å². The van der Waals surface area contributed by atoms with E-state index in [2.05, 4.69) is 5.32 Å². The van der Waals surface area contributed by atoms with Gasteiger partial charge in [0, 0.05) is 24.5 Å². The smallest absolute Gasteiger partial charge is 0.225 e. The van der Waals surface area contributed by atoms with Crippen molar-refractivity contribution in [3.05, 3.63) is 0 Å². The molecule has 1 saturated heterocycles. The van der Waals surface area contributed by atoms with E-state index in [1.165, 1.54) is 12.8 Å². The minimum atomic E-state index is -0.181.